The highest BCUT2D eigenvalue weighted by molar-refractivity contribution is 7.96. The van der Waals surface area contributed by atoms with Gasteiger partial charge in [0.2, 0.25) is 0 Å². The van der Waals surface area contributed by atoms with Gasteiger partial charge in [0.25, 0.3) is 10.0 Å². The van der Waals surface area contributed by atoms with Crippen molar-refractivity contribution >= 4 is 43.4 Å². The highest BCUT2D eigenvalue weighted by Crippen LogP contribution is 2.43. The third-order valence-electron chi connectivity index (χ3n) is 8.51. The van der Waals surface area contributed by atoms with E-state index in [1.165, 1.54) is 6.07 Å². The number of sulfonamides is 1. The van der Waals surface area contributed by atoms with Gasteiger partial charge in [-0.2, -0.15) is 12.8 Å². The molecule has 1 saturated carbocycles. The van der Waals surface area contributed by atoms with Crippen LogP contribution >= 0.6 is 11.3 Å². The summed E-state index contributed by atoms with van der Waals surface area (Å²) in [5.74, 6) is -0.783. The number of thiophene rings is 1. The number of aliphatic hydroxyl groups is 3. The molecule has 0 spiro atoms. The number of aliphatic hydroxyl groups excluding tert-OH is 3. The average molecular weight is 703 g/mol. The molecule has 7 atom stereocenters. The first-order valence-corrected chi connectivity index (χ1v) is 20.0. The second-order valence-corrected chi connectivity index (χ2v) is 17.6. The fraction of sp³-hybridized carbons (Fsp3) is 0.688. The molecular formula is C32H50N2O9S3. The summed E-state index contributed by atoms with van der Waals surface area (Å²) in [6.07, 6.45) is 12.1. The van der Waals surface area contributed by atoms with Crippen LogP contribution in [0.25, 0.3) is 0 Å². The van der Waals surface area contributed by atoms with Gasteiger partial charge < -0.3 is 25.4 Å². The van der Waals surface area contributed by atoms with Gasteiger partial charge in [0.15, 0.2) is 9.84 Å². The summed E-state index contributed by atoms with van der Waals surface area (Å²) < 4.78 is 60.0. The van der Waals surface area contributed by atoms with Gasteiger partial charge in [0.1, 0.15) is 8.42 Å². The summed E-state index contributed by atoms with van der Waals surface area (Å²) in [4.78, 5) is 12.1. The van der Waals surface area contributed by atoms with E-state index >= 15 is 0 Å². The number of hydrogen-bond acceptors (Lipinski definition) is 11. The molecule has 2 heterocycles. The van der Waals surface area contributed by atoms with E-state index in [0.717, 1.165) is 30.4 Å². The van der Waals surface area contributed by atoms with E-state index in [-0.39, 0.29) is 45.7 Å². The molecule has 1 aromatic rings. The second-order valence-electron chi connectivity index (χ2n) is 12.1. The standard InChI is InChI=1S/C32H50N2O9S3/c1-4-6-12-23(35)15-16-25-24(28(36)21-29(25)37)13-9-7-8-10-14-30(38)43-18-11-17-34-46(41,42)31-20-26-27(33-5-2)19-22(3)45(39,40)32(26)44-31/h7,9,15-17,20,22-25,27-29,33,35-37H,4-6,8,10-14,18-19,21H2,1-3H3/b9-7-,16-15+,34-17+/t22-,23-,24+,25+,27-,28-,29+/m0/s1. The summed E-state index contributed by atoms with van der Waals surface area (Å²) in [6, 6.07) is 1.15. The SMILES string of the molecule is CCCC[C@H](O)/C=C/[C@@H]1[C@@H](C/C=C\CCCC(=O)OCC/C=N/S(=O)(=O)c2cc3c(s2)S(=O)(=O)[C@@H](C)C[C@@H]3NCC)[C@@H](O)C[C@H]1O. The Kier molecular flexibility index (Phi) is 15.1. The lowest BCUT2D eigenvalue weighted by atomic mass is 9.89. The summed E-state index contributed by atoms with van der Waals surface area (Å²) in [6.45, 7) is 6.17. The van der Waals surface area contributed by atoms with E-state index in [9.17, 15) is 36.9 Å². The molecule has 3 rings (SSSR count). The summed E-state index contributed by atoms with van der Waals surface area (Å²) in [7, 11) is -7.72. The molecule has 0 aromatic carbocycles. The van der Waals surface area contributed by atoms with Crippen LogP contribution in [0.15, 0.2) is 43.2 Å². The van der Waals surface area contributed by atoms with Gasteiger partial charge in [-0.25, -0.2) is 8.42 Å². The van der Waals surface area contributed by atoms with Crippen LogP contribution in [0.1, 0.15) is 96.6 Å². The van der Waals surface area contributed by atoms with Crippen LogP contribution in [0.4, 0.5) is 0 Å². The Labute approximate surface area is 277 Å². The first-order chi connectivity index (χ1) is 21.8. The first-order valence-electron chi connectivity index (χ1n) is 16.2. The predicted octanol–water partition coefficient (Wildman–Crippen LogP) is 4.24. The van der Waals surface area contributed by atoms with Gasteiger partial charge in [-0.1, -0.05) is 51.0 Å². The van der Waals surface area contributed by atoms with Crippen molar-refractivity contribution in [1.29, 1.82) is 0 Å². The molecule has 11 nitrogen and oxygen atoms in total. The van der Waals surface area contributed by atoms with Crippen molar-refractivity contribution < 1.29 is 41.7 Å². The highest BCUT2D eigenvalue weighted by atomic mass is 32.3. The largest absolute Gasteiger partial charge is 0.465 e. The number of unbranched alkanes of at least 4 members (excludes halogenated alkanes) is 2. The Balaban J connectivity index is 1.39. The third-order valence-corrected chi connectivity index (χ3v) is 14.1. The number of ether oxygens (including phenoxy) is 1. The number of nitrogens with one attached hydrogen (secondary N) is 1. The Morgan fingerprint density at radius 2 is 1.93 bits per heavy atom. The lowest BCUT2D eigenvalue weighted by molar-refractivity contribution is -0.143. The molecule has 0 saturated heterocycles. The molecule has 0 unspecified atom stereocenters. The monoisotopic (exact) mass is 702 g/mol. The van der Waals surface area contributed by atoms with Crippen LogP contribution in [0.2, 0.25) is 0 Å². The molecule has 1 aliphatic carbocycles. The normalized spacial score (nSPS) is 27.1. The molecule has 46 heavy (non-hydrogen) atoms. The maximum Gasteiger partial charge on any atom is 0.305 e. The number of allylic oxidation sites excluding steroid dienone is 2. The van der Waals surface area contributed by atoms with Crippen molar-refractivity contribution in [3.63, 3.8) is 0 Å². The van der Waals surface area contributed by atoms with Crippen molar-refractivity contribution in [3.8, 4) is 0 Å². The average Bonchev–Trinajstić information content (AvgIpc) is 3.58. The predicted molar refractivity (Wildman–Crippen MR) is 179 cm³/mol. The van der Waals surface area contributed by atoms with Crippen LogP contribution in [-0.2, 0) is 29.4 Å². The molecule has 260 valence electrons. The van der Waals surface area contributed by atoms with E-state index in [1.54, 1.807) is 13.0 Å². The number of esters is 1. The lowest BCUT2D eigenvalue weighted by Crippen LogP contribution is -2.33. The van der Waals surface area contributed by atoms with E-state index in [0.29, 0.717) is 50.6 Å². The number of carbonyl (C=O) groups is 1. The highest BCUT2D eigenvalue weighted by Gasteiger charge is 2.40. The Bertz CT molecular complexity index is 1440. The minimum atomic E-state index is -4.11. The quantitative estimate of drug-likeness (QED) is 0.0748. The first kappa shape index (κ1) is 38.5. The molecule has 14 heteroatoms. The Hall–Kier alpha value is -1.94. The van der Waals surface area contributed by atoms with Crippen LogP contribution in [0.5, 0.6) is 0 Å². The maximum absolute atomic E-state index is 12.8. The molecule has 0 amide bonds. The number of carbonyl (C=O) groups excluding carboxylic acids is 1. The molecular weight excluding hydrogens is 653 g/mol. The topological polar surface area (TPSA) is 180 Å². The van der Waals surface area contributed by atoms with Crippen LogP contribution in [-0.4, -0.2) is 81.1 Å². The van der Waals surface area contributed by atoms with Crippen molar-refractivity contribution in [1.82, 2.24) is 5.32 Å². The Morgan fingerprint density at radius 3 is 2.65 bits per heavy atom. The molecule has 0 radical (unpaired) electrons. The summed E-state index contributed by atoms with van der Waals surface area (Å²) in [5, 5.41) is 33.5. The van der Waals surface area contributed by atoms with Gasteiger partial charge in [0, 0.05) is 43.0 Å². The minimum Gasteiger partial charge on any atom is -0.465 e. The lowest BCUT2D eigenvalue weighted by Gasteiger charge is -2.27. The van der Waals surface area contributed by atoms with Crippen molar-refractivity contribution in [2.75, 3.05) is 13.2 Å². The summed E-state index contributed by atoms with van der Waals surface area (Å²) >= 11 is 0.722. The van der Waals surface area contributed by atoms with Gasteiger partial charge in [0.05, 0.1) is 30.2 Å². The molecule has 1 aliphatic heterocycles. The zero-order valence-electron chi connectivity index (χ0n) is 27.0. The van der Waals surface area contributed by atoms with E-state index in [4.69, 9.17) is 4.74 Å². The number of hydrogen-bond donors (Lipinski definition) is 4. The van der Waals surface area contributed by atoms with Gasteiger partial charge in [-0.15, -0.1) is 11.3 Å². The number of sulfone groups is 1. The minimum absolute atomic E-state index is 0.0348. The molecule has 0 bridgehead atoms. The zero-order valence-corrected chi connectivity index (χ0v) is 29.4. The number of fused-ring (bicyclic) bond motifs is 1. The van der Waals surface area contributed by atoms with Crippen molar-refractivity contribution in [2.45, 2.75) is 123 Å². The van der Waals surface area contributed by atoms with Crippen molar-refractivity contribution in [3.05, 3.63) is 35.9 Å². The number of rotatable bonds is 18. The van der Waals surface area contributed by atoms with E-state index in [1.807, 2.05) is 25.2 Å². The van der Waals surface area contributed by atoms with Crippen molar-refractivity contribution in [2.24, 2.45) is 16.2 Å². The maximum atomic E-state index is 12.8. The molecule has 2 aliphatic rings. The fourth-order valence-electron chi connectivity index (χ4n) is 5.87. The van der Waals surface area contributed by atoms with Crippen LogP contribution < -0.4 is 5.32 Å². The third kappa shape index (κ3) is 10.5. The molecule has 1 fully saturated rings. The Morgan fingerprint density at radius 1 is 1.17 bits per heavy atom. The molecule has 4 N–H and O–H groups in total. The van der Waals surface area contributed by atoms with Gasteiger partial charge in [-0.05, 0) is 57.6 Å². The van der Waals surface area contributed by atoms with E-state index in [2.05, 4.69) is 16.6 Å². The zero-order chi connectivity index (χ0) is 33.9. The van der Waals surface area contributed by atoms with Crippen LogP contribution in [0.3, 0.4) is 0 Å². The van der Waals surface area contributed by atoms with E-state index < -0.39 is 49.4 Å². The number of nitrogens with zero attached hydrogens (tertiary/aromatic N) is 1. The summed E-state index contributed by atoms with van der Waals surface area (Å²) in [5.41, 5.74) is 0.465. The smallest absolute Gasteiger partial charge is 0.305 e. The van der Waals surface area contributed by atoms with Gasteiger partial charge >= 0.3 is 5.97 Å². The second kappa shape index (κ2) is 18.0. The van der Waals surface area contributed by atoms with Crippen LogP contribution in [0, 0.1) is 11.8 Å². The van der Waals surface area contributed by atoms with Gasteiger partial charge in [-0.3, -0.25) is 4.79 Å². The molecule has 1 aromatic heterocycles. The fourth-order valence-corrected chi connectivity index (χ4v) is 10.8.